The van der Waals surface area contributed by atoms with E-state index in [1.165, 1.54) is 11.3 Å². The second kappa shape index (κ2) is 4.06. The van der Waals surface area contributed by atoms with E-state index in [2.05, 4.69) is 11.8 Å². The van der Waals surface area contributed by atoms with Crippen LogP contribution in [-0.4, -0.2) is 11.1 Å². The van der Waals surface area contributed by atoms with Crippen molar-refractivity contribution in [3.8, 4) is 17.9 Å². The molecule has 0 spiro atoms. The van der Waals surface area contributed by atoms with Gasteiger partial charge in [-0.3, -0.25) is 0 Å². The first-order valence-electron chi connectivity index (χ1n) is 4.38. The zero-order valence-corrected chi connectivity index (χ0v) is 8.84. The fraction of sp³-hybridized carbons (Fsp3) is 0. The maximum atomic E-state index is 10.8. The van der Waals surface area contributed by atoms with Gasteiger partial charge in [0.1, 0.15) is 4.88 Å². The molecule has 2 rings (SSSR count). The summed E-state index contributed by atoms with van der Waals surface area (Å²) < 4.78 is 0.863. The number of fused-ring (bicyclic) bond motifs is 1. The number of aromatic carboxylic acids is 1. The average Bonchev–Trinajstić information content (AvgIpc) is 2.70. The Hall–Kier alpha value is -2.30. The molecular formula is C12H5NO2S. The molecule has 0 atom stereocenters. The van der Waals surface area contributed by atoms with E-state index in [1.54, 1.807) is 24.3 Å². The Morgan fingerprint density at radius 1 is 1.44 bits per heavy atom. The Labute approximate surface area is 95.6 Å². The number of rotatable bonds is 1. The highest BCUT2D eigenvalue weighted by atomic mass is 32.1. The van der Waals surface area contributed by atoms with Crippen molar-refractivity contribution in [3.63, 3.8) is 0 Å². The summed E-state index contributed by atoms with van der Waals surface area (Å²) in [7, 11) is 0. The van der Waals surface area contributed by atoms with Gasteiger partial charge in [0.05, 0.1) is 0 Å². The summed E-state index contributed by atoms with van der Waals surface area (Å²) in [4.78, 5) is 11.1. The number of carboxylic acid groups (broad SMARTS) is 1. The van der Waals surface area contributed by atoms with Gasteiger partial charge in [0.2, 0.25) is 0 Å². The van der Waals surface area contributed by atoms with Gasteiger partial charge in [-0.25, -0.2) is 4.79 Å². The van der Waals surface area contributed by atoms with Crippen LogP contribution in [0.5, 0.6) is 0 Å². The van der Waals surface area contributed by atoms with E-state index in [1.807, 2.05) is 6.07 Å². The zero-order chi connectivity index (χ0) is 11.5. The lowest BCUT2D eigenvalue weighted by molar-refractivity contribution is 0.0702. The molecule has 1 heterocycles. The van der Waals surface area contributed by atoms with E-state index in [0.29, 0.717) is 5.56 Å². The largest absolute Gasteiger partial charge is 0.477 e. The van der Waals surface area contributed by atoms with Crippen molar-refractivity contribution in [2.45, 2.75) is 0 Å². The van der Waals surface area contributed by atoms with Crippen LogP contribution in [0.4, 0.5) is 0 Å². The van der Waals surface area contributed by atoms with Crippen molar-refractivity contribution >= 4 is 27.4 Å². The third kappa shape index (κ3) is 1.75. The highest BCUT2D eigenvalue weighted by molar-refractivity contribution is 7.20. The molecule has 4 heteroatoms. The Bertz CT molecular complexity index is 668. The van der Waals surface area contributed by atoms with E-state index >= 15 is 0 Å². The van der Waals surface area contributed by atoms with Gasteiger partial charge in [-0.2, -0.15) is 5.26 Å². The lowest BCUT2D eigenvalue weighted by Gasteiger charge is -1.91. The lowest BCUT2D eigenvalue weighted by atomic mass is 10.1. The molecule has 0 aliphatic heterocycles. The number of nitrogens with zero attached hydrogens (tertiary/aromatic N) is 1. The molecule has 76 valence electrons. The minimum atomic E-state index is -0.944. The second-order valence-corrected chi connectivity index (χ2v) is 4.08. The van der Waals surface area contributed by atoms with E-state index in [4.69, 9.17) is 10.4 Å². The summed E-state index contributed by atoms with van der Waals surface area (Å²) in [6.45, 7) is 0. The smallest absolute Gasteiger partial charge is 0.345 e. The minimum absolute atomic E-state index is 0.279. The highest BCUT2D eigenvalue weighted by Gasteiger charge is 2.09. The molecule has 1 aromatic carbocycles. The number of nitriles is 1. The number of hydrogen-bond donors (Lipinski definition) is 1. The van der Waals surface area contributed by atoms with Gasteiger partial charge in [0.15, 0.2) is 6.07 Å². The van der Waals surface area contributed by atoms with Crippen molar-refractivity contribution in [3.05, 3.63) is 34.7 Å². The standard InChI is InChI=1S/C12H5NO2S/c13-6-2-4-8-3-1-5-10-9(8)7-11(16-10)12(14)15/h1,3,5,7H,(H,14,15). The molecule has 0 unspecified atom stereocenters. The average molecular weight is 227 g/mol. The van der Waals surface area contributed by atoms with Crippen LogP contribution in [0.2, 0.25) is 0 Å². The summed E-state index contributed by atoms with van der Waals surface area (Å²) in [6.07, 6.45) is 0. The molecule has 1 aromatic heterocycles. The van der Waals surface area contributed by atoms with Gasteiger partial charge >= 0.3 is 5.97 Å². The minimum Gasteiger partial charge on any atom is -0.477 e. The Morgan fingerprint density at radius 2 is 2.25 bits per heavy atom. The second-order valence-electron chi connectivity index (χ2n) is 2.99. The first-order valence-corrected chi connectivity index (χ1v) is 5.20. The highest BCUT2D eigenvalue weighted by Crippen LogP contribution is 2.27. The van der Waals surface area contributed by atoms with Gasteiger partial charge < -0.3 is 5.11 Å². The molecule has 0 saturated heterocycles. The van der Waals surface area contributed by atoms with E-state index in [9.17, 15) is 4.79 Å². The number of carboxylic acids is 1. The van der Waals surface area contributed by atoms with Gasteiger partial charge in [0.25, 0.3) is 0 Å². The number of carbonyl (C=O) groups is 1. The quantitative estimate of drug-likeness (QED) is 0.761. The van der Waals surface area contributed by atoms with Crippen molar-refractivity contribution < 1.29 is 9.90 Å². The first kappa shape index (κ1) is 10.2. The van der Waals surface area contributed by atoms with Crippen LogP contribution in [0.1, 0.15) is 15.2 Å². The molecule has 0 radical (unpaired) electrons. The summed E-state index contributed by atoms with van der Waals surface area (Å²) in [6, 6.07) is 8.73. The zero-order valence-electron chi connectivity index (χ0n) is 8.02. The maximum absolute atomic E-state index is 10.8. The Kier molecular flexibility index (Phi) is 2.59. The van der Waals surface area contributed by atoms with Crippen molar-refractivity contribution in [1.82, 2.24) is 0 Å². The van der Waals surface area contributed by atoms with E-state index in [0.717, 1.165) is 10.1 Å². The molecule has 3 nitrogen and oxygen atoms in total. The Balaban J connectivity index is 2.68. The van der Waals surface area contributed by atoms with Crippen LogP contribution in [0, 0.1) is 23.2 Å². The first-order chi connectivity index (χ1) is 7.72. The molecule has 2 aromatic rings. The fourth-order valence-electron chi connectivity index (χ4n) is 1.37. The van der Waals surface area contributed by atoms with Crippen molar-refractivity contribution in [1.29, 1.82) is 5.26 Å². The van der Waals surface area contributed by atoms with Crippen molar-refractivity contribution in [2.75, 3.05) is 0 Å². The number of hydrogen-bond acceptors (Lipinski definition) is 3. The monoisotopic (exact) mass is 227 g/mol. The predicted molar refractivity (Wildman–Crippen MR) is 61.3 cm³/mol. The van der Waals surface area contributed by atoms with E-state index in [-0.39, 0.29) is 4.88 Å². The fourth-order valence-corrected chi connectivity index (χ4v) is 2.30. The predicted octanol–water partition coefficient (Wildman–Crippen LogP) is 2.47. The molecule has 0 bridgehead atoms. The summed E-state index contributed by atoms with van der Waals surface area (Å²) >= 11 is 1.20. The van der Waals surface area contributed by atoms with Crippen LogP contribution >= 0.6 is 11.3 Å². The van der Waals surface area contributed by atoms with Crippen LogP contribution in [-0.2, 0) is 0 Å². The van der Waals surface area contributed by atoms with Crippen LogP contribution < -0.4 is 0 Å². The van der Waals surface area contributed by atoms with Crippen LogP contribution in [0.25, 0.3) is 10.1 Å². The molecular weight excluding hydrogens is 222 g/mol. The molecule has 1 N–H and O–H groups in total. The lowest BCUT2D eigenvalue weighted by Crippen LogP contribution is -1.89. The van der Waals surface area contributed by atoms with Gasteiger partial charge in [-0.1, -0.05) is 12.0 Å². The molecule has 0 saturated carbocycles. The third-order valence-electron chi connectivity index (χ3n) is 2.03. The maximum Gasteiger partial charge on any atom is 0.345 e. The molecule has 0 aliphatic rings. The normalized spacial score (nSPS) is 9.19. The van der Waals surface area contributed by atoms with E-state index < -0.39 is 5.97 Å². The Morgan fingerprint density at radius 3 is 2.94 bits per heavy atom. The van der Waals surface area contributed by atoms with Crippen molar-refractivity contribution in [2.24, 2.45) is 0 Å². The summed E-state index contributed by atoms with van der Waals surface area (Å²) in [5, 5.41) is 18.0. The number of thiophene rings is 1. The number of benzene rings is 1. The van der Waals surface area contributed by atoms with Gasteiger partial charge in [-0.15, -0.1) is 11.3 Å². The summed E-state index contributed by atoms with van der Waals surface area (Å²) in [5.41, 5.74) is 0.683. The van der Waals surface area contributed by atoms with Gasteiger partial charge in [-0.05, 0) is 18.2 Å². The van der Waals surface area contributed by atoms with Crippen LogP contribution in [0.15, 0.2) is 24.3 Å². The SMILES string of the molecule is N#CC#Cc1cccc2sc(C(=O)O)cc12. The molecule has 0 amide bonds. The third-order valence-corrected chi connectivity index (χ3v) is 3.11. The molecule has 0 aliphatic carbocycles. The van der Waals surface area contributed by atoms with Crippen LogP contribution in [0.3, 0.4) is 0 Å². The van der Waals surface area contributed by atoms with Gasteiger partial charge in [0, 0.05) is 21.6 Å². The summed E-state index contributed by atoms with van der Waals surface area (Å²) in [5.74, 6) is 4.06. The molecule has 16 heavy (non-hydrogen) atoms. The molecule has 0 fully saturated rings. The topological polar surface area (TPSA) is 61.1 Å².